The molecule has 0 radical (unpaired) electrons. The number of hydrogen-bond donors (Lipinski definition) is 1. The number of ether oxygens (including phenoxy) is 1. The van der Waals surface area contributed by atoms with Gasteiger partial charge in [-0.1, -0.05) is 31.2 Å². The number of nitrogens with one attached hydrogen (secondary N) is 1. The minimum Gasteiger partial charge on any atom is -0.381 e. The third-order valence-electron chi connectivity index (χ3n) is 5.90. The molecule has 1 amide bonds. The summed E-state index contributed by atoms with van der Waals surface area (Å²) in [4.78, 5) is 15.7. The molecule has 3 rings (SSSR count). The number of likely N-dealkylation sites (tertiary alicyclic amines) is 1. The molecule has 0 unspecified atom stereocenters. The number of carbonyl (C=O) groups excluding carboxylic acids is 1. The molecule has 138 valence electrons. The lowest BCUT2D eigenvalue weighted by Gasteiger charge is -2.37. The van der Waals surface area contributed by atoms with Crippen LogP contribution < -0.4 is 5.32 Å². The van der Waals surface area contributed by atoms with E-state index in [1.54, 1.807) is 0 Å². The minimum absolute atomic E-state index is 0.176. The van der Waals surface area contributed by atoms with Crippen LogP contribution in [0.5, 0.6) is 0 Å². The summed E-state index contributed by atoms with van der Waals surface area (Å²) in [5.74, 6) is 0.952. The van der Waals surface area contributed by atoms with Gasteiger partial charge in [0.05, 0.1) is 5.41 Å². The molecule has 4 heteroatoms. The van der Waals surface area contributed by atoms with Gasteiger partial charge in [0.1, 0.15) is 0 Å². The molecule has 0 saturated carbocycles. The van der Waals surface area contributed by atoms with Gasteiger partial charge in [-0.15, -0.1) is 0 Å². The highest BCUT2D eigenvalue weighted by Gasteiger charge is 2.42. The molecule has 4 nitrogen and oxygen atoms in total. The van der Waals surface area contributed by atoms with Crippen LogP contribution in [0.25, 0.3) is 0 Å². The zero-order chi connectivity index (χ0) is 17.7. The number of piperidine rings is 1. The molecule has 25 heavy (non-hydrogen) atoms. The Morgan fingerprint density at radius 2 is 2.08 bits per heavy atom. The lowest BCUT2D eigenvalue weighted by atomic mass is 9.72. The van der Waals surface area contributed by atoms with E-state index in [1.807, 2.05) is 12.1 Å². The Hall–Kier alpha value is -1.39. The summed E-state index contributed by atoms with van der Waals surface area (Å²) >= 11 is 0. The van der Waals surface area contributed by atoms with Crippen LogP contribution in [0.1, 0.15) is 43.7 Å². The summed E-state index contributed by atoms with van der Waals surface area (Å²) in [7, 11) is 0. The third kappa shape index (κ3) is 4.24. The molecule has 2 heterocycles. The van der Waals surface area contributed by atoms with E-state index in [-0.39, 0.29) is 5.91 Å². The molecule has 1 atom stereocenters. The number of benzene rings is 1. The van der Waals surface area contributed by atoms with Crippen LogP contribution in [0.4, 0.5) is 0 Å². The Bertz CT molecular complexity index is 581. The molecular weight excluding hydrogens is 312 g/mol. The van der Waals surface area contributed by atoms with Gasteiger partial charge >= 0.3 is 0 Å². The van der Waals surface area contributed by atoms with Crippen molar-refractivity contribution in [2.45, 2.75) is 44.9 Å². The molecule has 2 saturated heterocycles. The molecule has 0 aromatic heterocycles. The van der Waals surface area contributed by atoms with E-state index in [9.17, 15) is 4.79 Å². The average Bonchev–Trinajstić information content (AvgIpc) is 2.62. The summed E-state index contributed by atoms with van der Waals surface area (Å²) in [5.41, 5.74) is 1.94. The maximum atomic E-state index is 13.2. The van der Waals surface area contributed by atoms with Crippen LogP contribution in [-0.2, 0) is 14.9 Å². The van der Waals surface area contributed by atoms with Gasteiger partial charge in [0, 0.05) is 32.8 Å². The maximum Gasteiger partial charge on any atom is 0.230 e. The van der Waals surface area contributed by atoms with Crippen LogP contribution in [0.15, 0.2) is 24.3 Å². The van der Waals surface area contributed by atoms with Crippen LogP contribution >= 0.6 is 0 Å². The lowest BCUT2D eigenvalue weighted by molar-refractivity contribution is -0.130. The first-order valence-electron chi connectivity index (χ1n) is 9.76. The number of nitrogens with zero attached hydrogens (tertiary/aromatic N) is 1. The molecule has 2 aliphatic rings. The highest BCUT2D eigenvalue weighted by molar-refractivity contribution is 5.88. The van der Waals surface area contributed by atoms with Crippen LogP contribution in [0.2, 0.25) is 0 Å². The van der Waals surface area contributed by atoms with Crippen molar-refractivity contribution in [2.75, 3.05) is 39.4 Å². The Labute approximate surface area is 151 Å². The van der Waals surface area contributed by atoms with Gasteiger partial charge in [-0.05, 0) is 56.2 Å². The molecule has 1 aromatic carbocycles. The second-order valence-corrected chi connectivity index (χ2v) is 7.81. The monoisotopic (exact) mass is 344 g/mol. The van der Waals surface area contributed by atoms with Crippen molar-refractivity contribution in [3.8, 4) is 0 Å². The molecular formula is C21H32N2O2. The van der Waals surface area contributed by atoms with Crippen molar-refractivity contribution < 1.29 is 9.53 Å². The number of hydrogen-bond acceptors (Lipinski definition) is 3. The standard InChI is InChI=1S/C21H32N2O2/c1-17-6-5-12-23(16-17)13-11-22-20(24)21(9-14-25-15-10-21)19-8-4-3-7-18(19)2/h3-4,7-8,17H,5-6,9-16H2,1-2H3,(H,22,24)/t17-/m0/s1. The number of aryl methyl sites for hydroxylation is 1. The predicted molar refractivity (Wildman–Crippen MR) is 101 cm³/mol. The number of carbonyl (C=O) groups is 1. The van der Waals surface area contributed by atoms with Crippen molar-refractivity contribution in [1.82, 2.24) is 10.2 Å². The van der Waals surface area contributed by atoms with Gasteiger partial charge in [0.25, 0.3) is 0 Å². The summed E-state index contributed by atoms with van der Waals surface area (Å²) in [5, 5.41) is 3.24. The summed E-state index contributed by atoms with van der Waals surface area (Å²) in [6.07, 6.45) is 4.15. The maximum absolute atomic E-state index is 13.2. The highest BCUT2D eigenvalue weighted by atomic mass is 16.5. The Balaban J connectivity index is 1.65. The highest BCUT2D eigenvalue weighted by Crippen LogP contribution is 2.36. The summed E-state index contributed by atoms with van der Waals surface area (Å²) in [6, 6.07) is 8.31. The first kappa shape index (κ1) is 18.4. The fraction of sp³-hybridized carbons (Fsp3) is 0.667. The van der Waals surface area contributed by atoms with Gasteiger partial charge in [0.15, 0.2) is 0 Å². The average molecular weight is 344 g/mol. The summed E-state index contributed by atoms with van der Waals surface area (Å²) < 4.78 is 5.56. The Morgan fingerprint density at radius 1 is 1.32 bits per heavy atom. The minimum atomic E-state index is -0.432. The van der Waals surface area contributed by atoms with E-state index in [0.717, 1.165) is 44.9 Å². The van der Waals surface area contributed by atoms with Crippen LogP contribution in [-0.4, -0.2) is 50.2 Å². The number of rotatable bonds is 5. The second kappa shape index (κ2) is 8.33. The molecule has 1 N–H and O–H groups in total. The predicted octanol–water partition coefficient (Wildman–Crippen LogP) is 2.89. The van der Waals surface area contributed by atoms with E-state index in [4.69, 9.17) is 4.74 Å². The van der Waals surface area contributed by atoms with Crippen molar-refractivity contribution in [3.05, 3.63) is 35.4 Å². The second-order valence-electron chi connectivity index (χ2n) is 7.81. The van der Waals surface area contributed by atoms with Crippen LogP contribution in [0, 0.1) is 12.8 Å². The summed E-state index contributed by atoms with van der Waals surface area (Å²) in [6.45, 7) is 9.76. The smallest absolute Gasteiger partial charge is 0.230 e. The lowest BCUT2D eigenvalue weighted by Crippen LogP contribution is -2.50. The Kier molecular flexibility index (Phi) is 6.13. The fourth-order valence-corrected chi connectivity index (χ4v) is 4.43. The largest absolute Gasteiger partial charge is 0.381 e. The first-order chi connectivity index (χ1) is 12.1. The van der Waals surface area contributed by atoms with Crippen LogP contribution in [0.3, 0.4) is 0 Å². The van der Waals surface area contributed by atoms with Crippen molar-refractivity contribution in [3.63, 3.8) is 0 Å². The molecule has 0 aliphatic carbocycles. The van der Waals surface area contributed by atoms with E-state index in [0.29, 0.717) is 13.2 Å². The van der Waals surface area contributed by atoms with Gasteiger partial charge in [-0.2, -0.15) is 0 Å². The zero-order valence-corrected chi connectivity index (χ0v) is 15.7. The fourth-order valence-electron chi connectivity index (χ4n) is 4.43. The third-order valence-corrected chi connectivity index (χ3v) is 5.90. The first-order valence-corrected chi connectivity index (χ1v) is 9.76. The van der Waals surface area contributed by atoms with Gasteiger partial charge in [-0.3, -0.25) is 4.79 Å². The normalized spacial score (nSPS) is 24.0. The van der Waals surface area contributed by atoms with E-state index in [1.165, 1.54) is 24.0 Å². The van der Waals surface area contributed by atoms with E-state index >= 15 is 0 Å². The zero-order valence-electron chi connectivity index (χ0n) is 15.7. The van der Waals surface area contributed by atoms with E-state index in [2.05, 4.69) is 36.2 Å². The SMILES string of the molecule is Cc1ccccc1C1(C(=O)NCCN2CCC[C@H](C)C2)CCOCC1. The molecule has 1 aromatic rings. The van der Waals surface area contributed by atoms with Gasteiger partial charge in [-0.25, -0.2) is 0 Å². The molecule has 0 spiro atoms. The topological polar surface area (TPSA) is 41.6 Å². The molecule has 2 fully saturated rings. The van der Waals surface area contributed by atoms with E-state index < -0.39 is 5.41 Å². The number of amides is 1. The van der Waals surface area contributed by atoms with Crippen molar-refractivity contribution in [2.24, 2.45) is 5.92 Å². The quantitative estimate of drug-likeness (QED) is 0.893. The van der Waals surface area contributed by atoms with Gasteiger partial charge < -0.3 is 15.0 Å². The molecule has 0 bridgehead atoms. The van der Waals surface area contributed by atoms with Crippen molar-refractivity contribution in [1.29, 1.82) is 0 Å². The molecule has 2 aliphatic heterocycles. The Morgan fingerprint density at radius 3 is 2.80 bits per heavy atom. The van der Waals surface area contributed by atoms with Crippen molar-refractivity contribution >= 4 is 5.91 Å². The van der Waals surface area contributed by atoms with Gasteiger partial charge in [0.2, 0.25) is 5.91 Å².